The second-order valence-electron chi connectivity index (χ2n) is 6.47. The zero-order valence-electron chi connectivity index (χ0n) is 14.3. The maximum Gasteiger partial charge on any atom is 0.412 e. The monoisotopic (exact) mass is 326 g/mol. The highest BCUT2D eigenvalue weighted by Crippen LogP contribution is 2.20. The van der Waals surface area contributed by atoms with E-state index < -0.39 is 11.7 Å². The summed E-state index contributed by atoms with van der Waals surface area (Å²) in [6, 6.07) is 14.5. The van der Waals surface area contributed by atoms with E-state index in [1.54, 1.807) is 24.3 Å². The van der Waals surface area contributed by atoms with E-state index >= 15 is 0 Å². The number of Topliss-reactive ketones (excluding diaryl/α,β-unsaturated/α-hetero) is 1. The van der Waals surface area contributed by atoms with Gasteiger partial charge in [0.2, 0.25) is 0 Å². The number of rotatable bonds is 4. The van der Waals surface area contributed by atoms with Crippen LogP contribution in [-0.4, -0.2) is 17.5 Å². The second-order valence-corrected chi connectivity index (χ2v) is 6.47. The van der Waals surface area contributed by atoms with Gasteiger partial charge in [0.25, 0.3) is 0 Å². The van der Waals surface area contributed by atoms with Crippen molar-refractivity contribution in [3.63, 3.8) is 0 Å². The van der Waals surface area contributed by atoms with Gasteiger partial charge < -0.3 is 10.1 Å². The highest BCUT2D eigenvalue weighted by molar-refractivity contribution is 5.95. The molecule has 0 fully saturated rings. The third kappa shape index (κ3) is 5.43. The molecule has 0 unspecified atom stereocenters. The summed E-state index contributed by atoms with van der Waals surface area (Å²) in [6.45, 7) is 6.98. The van der Waals surface area contributed by atoms with Crippen molar-refractivity contribution in [2.75, 3.05) is 10.6 Å². The van der Waals surface area contributed by atoms with Crippen molar-refractivity contribution in [2.24, 2.45) is 0 Å². The highest BCUT2D eigenvalue weighted by Gasteiger charge is 2.16. The Morgan fingerprint density at radius 3 is 2.12 bits per heavy atom. The Bertz CT molecular complexity index is 731. The maximum atomic E-state index is 11.7. The molecule has 0 aromatic heterocycles. The molecule has 0 aliphatic heterocycles. The lowest BCUT2D eigenvalue weighted by molar-refractivity contribution is 0.0635. The molecule has 0 spiro atoms. The summed E-state index contributed by atoms with van der Waals surface area (Å²) in [5.74, 6) is 0.0237. The molecule has 0 saturated heterocycles. The van der Waals surface area contributed by atoms with E-state index in [2.05, 4.69) is 10.6 Å². The summed E-state index contributed by atoms with van der Waals surface area (Å²) >= 11 is 0. The molecule has 0 atom stereocenters. The first-order chi connectivity index (χ1) is 11.2. The van der Waals surface area contributed by atoms with Crippen LogP contribution in [0.1, 0.15) is 38.1 Å². The lowest BCUT2D eigenvalue weighted by atomic mass is 10.1. The minimum atomic E-state index is -0.534. The van der Waals surface area contributed by atoms with Crippen LogP contribution in [0.2, 0.25) is 0 Å². The molecule has 0 saturated carbocycles. The molecule has 0 aliphatic carbocycles. The van der Waals surface area contributed by atoms with Crippen LogP contribution in [0.3, 0.4) is 0 Å². The van der Waals surface area contributed by atoms with Crippen LogP contribution in [0.25, 0.3) is 0 Å². The van der Waals surface area contributed by atoms with Gasteiger partial charge in [-0.1, -0.05) is 12.1 Å². The zero-order chi connectivity index (χ0) is 17.7. The largest absolute Gasteiger partial charge is 0.444 e. The minimum Gasteiger partial charge on any atom is -0.444 e. The van der Waals surface area contributed by atoms with Crippen molar-refractivity contribution in [2.45, 2.75) is 33.3 Å². The molecule has 0 radical (unpaired) electrons. The smallest absolute Gasteiger partial charge is 0.412 e. The van der Waals surface area contributed by atoms with E-state index in [9.17, 15) is 9.59 Å². The zero-order valence-corrected chi connectivity index (χ0v) is 14.3. The first-order valence-electron chi connectivity index (χ1n) is 7.71. The van der Waals surface area contributed by atoms with Crippen LogP contribution >= 0.6 is 0 Å². The fourth-order valence-electron chi connectivity index (χ4n) is 2.04. The van der Waals surface area contributed by atoms with Crippen LogP contribution in [0.15, 0.2) is 48.5 Å². The van der Waals surface area contributed by atoms with Gasteiger partial charge in [-0.25, -0.2) is 4.79 Å². The van der Waals surface area contributed by atoms with Gasteiger partial charge in [0, 0.05) is 22.6 Å². The van der Waals surface area contributed by atoms with Crippen LogP contribution in [0.4, 0.5) is 21.9 Å². The number of hydrogen-bond donors (Lipinski definition) is 2. The topological polar surface area (TPSA) is 67.4 Å². The van der Waals surface area contributed by atoms with Crippen LogP contribution in [-0.2, 0) is 4.74 Å². The van der Waals surface area contributed by atoms with Crippen molar-refractivity contribution in [1.29, 1.82) is 0 Å². The Labute approximate surface area is 142 Å². The molecule has 2 aromatic carbocycles. The first-order valence-corrected chi connectivity index (χ1v) is 7.71. The molecule has 126 valence electrons. The number of nitrogens with one attached hydrogen (secondary N) is 2. The molecule has 5 heteroatoms. The van der Waals surface area contributed by atoms with Gasteiger partial charge in [0.1, 0.15) is 5.60 Å². The van der Waals surface area contributed by atoms with Gasteiger partial charge in [-0.15, -0.1) is 0 Å². The number of ketones is 1. The van der Waals surface area contributed by atoms with Crippen LogP contribution in [0.5, 0.6) is 0 Å². The van der Waals surface area contributed by atoms with E-state index in [4.69, 9.17) is 4.74 Å². The molecule has 5 nitrogen and oxygen atoms in total. The van der Waals surface area contributed by atoms with Gasteiger partial charge in [-0.05, 0) is 64.1 Å². The number of amides is 1. The summed E-state index contributed by atoms with van der Waals surface area (Å²) in [5.41, 5.74) is 2.45. The lowest BCUT2D eigenvalue weighted by Crippen LogP contribution is -2.27. The number of carbonyl (C=O) groups is 2. The van der Waals surface area contributed by atoms with Crippen molar-refractivity contribution < 1.29 is 14.3 Å². The fourth-order valence-corrected chi connectivity index (χ4v) is 2.04. The Hall–Kier alpha value is -2.82. The SMILES string of the molecule is CC(=O)c1cccc(Nc2ccc(NC(=O)OC(C)(C)C)cc2)c1. The summed E-state index contributed by atoms with van der Waals surface area (Å²) < 4.78 is 5.21. The number of hydrogen-bond acceptors (Lipinski definition) is 4. The quantitative estimate of drug-likeness (QED) is 0.778. The second kappa shape index (κ2) is 7.17. The summed E-state index contributed by atoms with van der Waals surface area (Å²) in [4.78, 5) is 23.1. The molecule has 0 heterocycles. The number of anilines is 3. The summed E-state index contributed by atoms with van der Waals surface area (Å²) in [7, 11) is 0. The molecule has 24 heavy (non-hydrogen) atoms. The lowest BCUT2D eigenvalue weighted by Gasteiger charge is -2.19. The standard InChI is InChI=1S/C19H22N2O3/c1-13(22)14-6-5-7-17(12-14)20-15-8-10-16(11-9-15)21-18(23)24-19(2,3)4/h5-12,20H,1-4H3,(H,21,23). The number of benzene rings is 2. The van der Waals surface area contributed by atoms with E-state index in [1.807, 2.05) is 45.0 Å². The van der Waals surface area contributed by atoms with E-state index in [-0.39, 0.29) is 5.78 Å². The predicted molar refractivity (Wildman–Crippen MR) is 96.0 cm³/mol. The Balaban J connectivity index is 2.01. The van der Waals surface area contributed by atoms with Crippen LogP contribution < -0.4 is 10.6 Å². The number of ether oxygens (including phenoxy) is 1. The van der Waals surface area contributed by atoms with Crippen molar-refractivity contribution in [3.05, 3.63) is 54.1 Å². The number of carbonyl (C=O) groups excluding carboxylic acids is 2. The molecule has 2 aromatic rings. The Kier molecular flexibility index (Phi) is 5.24. The minimum absolute atomic E-state index is 0.0237. The van der Waals surface area contributed by atoms with Crippen molar-refractivity contribution in [3.8, 4) is 0 Å². The predicted octanol–water partition coefficient (Wildman–Crippen LogP) is 4.98. The third-order valence-electron chi connectivity index (χ3n) is 3.09. The molecule has 0 aliphatic rings. The molecule has 2 N–H and O–H groups in total. The average molecular weight is 326 g/mol. The first kappa shape index (κ1) is 17.5. The summed E-state index contributed by atoms with van der Waals surface area (Å²) in [6.07, 6.45) is -0.489. The van der Waals surface area contributed by atoms with E-state index in [0.717, 1.165) is 11.4 Å². The van der Waals surface area contributed by atoms with Gasteiger partial charge >= 0.3 is 6.09 Å². The van der Waals surface area contributed by atoms with E-state index in [1.165, 1.54) is 6.92 Å². The Morgan fingerprint density at radius 1 is 0.917 bits per heavy atom. The molecule has 1 amide bonds. The fraction of sp³-hybridized carbons (Fsp3) is 0.263. The van der Waals surface area contributed by atoms with Crippen LogP contribution in [0, 0.1) is 0 Å². The average Bonchev–Trinajstić information content (AvgIpc) is 2.47. The normalized spacial score (nSPS) is 10.8. The summed E-state index contributed by atoms with van der Waals surface area (Å²) in [5, 5.41) is 5.90. The van der Waals surface area contributed by atoms with Crippen molar-refractivity contribution in [1.82, 2.24) is 0 Å². The maximum absolute atomic E-state index is 11.7. The van der Waals surface area contributed by atoms with Crippen molar-refractivity contribution >= 4 is 28.9 Å². The molecular weight excluding hydrogens is 304 g/mol. The highest BCUT2D eigenvalue weighted by atomic mass is 16.6. The molecule has 2 rings (SSSR count). The molecular formula is C19H22N2O3. The van der Waals surface area contributed by atoms with Gasteiger partial charge in [0.15, 0.2) is 5.78 Å². The van der Waals surface area contributed by atoms with Gasteiger partial charge in [-0.2, -0.15) is 0 Å². The van der Waals surface area contributed by atoms with E-state index in [0.29, 0.717) is 11.3 Å². The Morgan fingerprint density at radius 2 is 1.54 bits per heavy atom. The third-order valence-corrected chi connectivity index (χ3v) is 3.09. The van der Waals surface area contributed by atoms with Gasteiger partial charge in [-0.3, -0.25) is 10.1 Å². The van der Waals surface area contributed by atoms with Gasteiger partial charge in [0.05, 0.1) is 0 Å². The molecule has 0 bridgehead atoms.